The fraction of sp³-hybridized carbons (Fsp3) is 1.00. The molecule has 2 fully saturated rings. The van der Waals surface area contributed by atoms with E-state index < -0.39 is 12.1 Å². The molecule has 2 nitrogen and oxygen atoms in total. The standard InChI is InChI=1S/C13H23F3N2/c14-13(15,16)11-2-1-7-18(9-11)8-10-3-5-12(17)6-4-10/h10-12H,1-9,17H2. The summed E-state index contributed by atoms with van der Waals surface area (Å²) in [5.74, 6) is -0.561. The maximum atomic E-state index is 12.7. The number of hydrogen-bond donors (Lipinski definition) is 1. The van der Waals surface area contributed by atoms with Gasteiger partial charge in [0.1, 0.15) is 0 Å². The Kier molecular flexibility index (Phi) is 4.54. The summed E-state index contributed by atoms with van der Waals surface area (Å²) < 4.78 is 38.1. The van der Waals surface area contributed by atoms with Gasteiger partial charge in [0.05, 0.1) is 5.92 Å². The van der Waals surface area contributed by atoms with Gasteiger partial charge < -0.3 is 10.6 Å². The van der Waals surface area contributed by atoms with Gasteiger partial charge in [-0.1, -0.05) is 0 Å². The van der Waals surface area contributed by atoms with Crippen LogP contribution >= 0.6 is 0 Å². The lowest BCUT2D eigenvalue weighted by molar-refractivity contribution is -0.187. The molecule has 0 radical (unpaired) electrons. The quantitative estimate of drug-likeness (QED) is 0.831. The smallest absolute Gasteiger partial charge is 0.328 e. The molecule has 0 aromatic carbocycles. The minimum absolute atomic E-state index is 0.200. The maximum Gasteiger partial charge on any atom is 0.393 e. The van der Waals surface area contributed by atoms with Crippen molar-refractivity contribution in [3.63, 3.8) is 0 Å². The summed E-state index contributed by atoms with van der Waals surface area (Å²) in [6.45, 7) is 1.86. The van der Waals surface area contributed by atoms with Gasteiger partial charge in [0.25, 0.3) is 0 Å². The Hall–Kier alpha value is -0.290. The molecule has 1 heterocycles. The van der Waals surface area contributed by atoms with Gasteiger partial charge in [-0.25, -0.2) is 0 Å². The molecule has 1 aliphatic carbocycles. The zero-order chi connectivity index (χ0) is 13.2. The SMILES string of the molecule is NC1CCC(CN2CCCC(C(F)(F)F)C2)CC1. The van der Waals surface area contributed by atoms with Gasteiger partial charge in [-0.2, -0.15) is 13.2 Å². The second-order valence-corrected chi connectivity index (χ2v) is 5.92. The van der Waals surface area contributed by atoms with Gasteiger partial charge >= 0.3 is 6.18 Å². The number of rotatable bonds is 2. The molecule has 0 amide bonds. The highest BCUT2D eigenvalue weighted by Gasteiger charge is 2.41. The van der Waals surface area contributed by atoms with E-state index >= 15 is 0 Å². The molecule has 0 bridgehead atoms. The first-order valence-corrected chi connectivity index (χ1v) is 7.00. The van der Waals surface area contributed by atoms with Gasteiger partial charge in [0.15, 0.2) is 0 Å². The summed E-state index contributed by atoms with van der Waals surface area (Å²) in [6, 6.07) is 0.311. The summed E-state index contributed by atoms with van der Waals surface area (Å²) >= 11 is 0. The predicted molar refractivity (Wildman–Crippen MR) is 65.2 cm³/mol. The fourth-order valence-corrected chi connectivity index (χ4v) is 3.22. The molecule has 18 heavy (non-hydrogen) atoms. The number of nitrogens with two attached hydrogens (primary N) is 1. The van der Waals surface area contributed by atoms with Crippen molar-refractivity contribution < 1.29 is 13.2 Å². The Balaban J connectivity index is 1.79. The van der Waals surface area contributed by atoms with Crippen LogP contribution in [0, 0.1) is 11.8 Å². The van der Waals surface area contributed by atoms with E-state index in [0.29, 0.717) is 24.8 Å². The highest BCUT2D eigenvalue weighted by Crippen LogP contribution is 2.34. The van der Waals surface area contributed by atoms with E-state index in [2.05, 4.69) is 0 Å². The average Bonchev–Trinajstić information content (AvgIpc) is 2.31. The van der Waals surface area contributed by atoms with Crippen molar-refractivity contribution in [1.82, 2.24) is 4.90 Å². The topological polar surface area (TPSA) is 29.3 Å². The van der Waals surface area contributed by atoms with Crippen LogP contribution in [0.1, 0.15) is 38.5 Å². The van der Waals surface area contributed by atoms with E-state index in [1.807, 2.05) is 4.90 Å². The lowest BCUT2D eigenvalue weighted by Gasteiger charge is -2.37. The summed E-state index contributed by atoms with van der Waals surface area (Å²) in [7, 11) is 0. The Morgan fingerprint density at radius 2 is 1.72 bits per heavy atom. The normalized spacial score (nSPS) is 35.7. The molecule has 2 rings (SSSR count). The number of hydrogen-bond acceptors (Lipinski definition) is 2. The largest absolute Gasteiger partial charge is 0.393 e. The summed E-state index contributed by atoms with van der Waals surface area (Å²) in [4.78, 5) is 2.02. The summed E-state index contributed by atoms with van der Waals surface area (Å²) in [5, 5.41) is 0. The zero-order valence-corrected chi connectivity index (χ0v) is 10.8. The fourth-order valence-electron chi connectivity index (χ4n) is 3.22. The predicted octanol–water partition coefficient (Wildman–Crippen LogP) is 2.78. The highest BCUT2D eigenvalue weighted by atomic mass is 19.4. The van der Waals surface area contributed by atoms with Crippen LogP contribution in [0.15, 0.2) is 0 Å². The average molecular weight is 264 g/mol. The van der Waals surface area contributed by atoms with Crippen molar-refractivity contribution in [2.45, 2.75) is 50.7 Å². The Bertz CT molecular complexity index is 259. The van der Waals surface area contributed by atoms with Crippen LogP contribution in [0.25, 0.3) is 0 Å². The van der Waals surface area contributed by atoms with Crippen molar-refractivity contribution >= 4 is 0 Å². The molecule has 106 valence electrons. The first kappa shape index (κ1) is 14.1. The lowest BCUT2D eigenvalue weighted by atomic mass is 9.85. The number of likely N-dealkylation sites (tertiary alicyclic amines) is 1. The van der Waals surface area contributed by atoms with Crippen LogP contribution in [0.5, 0.6) is 0 Å². The summed E-state index contributed by atoms with van der Waals surface area (Å²) in [6.07, 6.45) is 1.17. The van der Waals surface area contributed by atoms with Crippen LogP contribution in [0.2, 0.25) is 0 Å². The first-order chi connectivity index (χ1) is 8.45. The van der Waals surface area contributed by atoms with Gasteiger partial charge in [-0.15, -0.1) is 0 Å². The first-order valence-electron chi connectivity index (χ1n) is 7.00. The lowest BCUT2D eigenvalue weighted by Crippen LogP contribution is -2.44. The van der Waals surface area contributed by atoms with E-state index in [0.717, 1.165) is 38.8 Å². The van der Waals surface area contributed by atoms with Crippen LogP contribution in [0.3, 0.4) is 0 Å². The number of alkyl halides is 3. The van der Waals surface area contributed by atoms with Gasteiger partial charge in [0, 0.05) is 19.1 Å². The minimum Gasteiger partial charge on any atom is -0.328 e. The summed E-state index contributed by atoms with van der Waals surface area (Å²) in [5.41, 5.74) is 5.85. The van der Waals surface area contributed by atoms with Crippen LogP contribution in [-0.4, -0.2) is 36.8 Å². The second kappa shape index (κ2) is 5.78. The number of nitrogens with zero attached hydrogens (tertiary/aromatic N) is 1. The van der Waals surface area contributed by atoms with E-state index in [1.54, 1.807) is 0 Å². The molecular formula is C13H23F3N2. The molecule has 2 N–H and O–H groups in total. The van der Waals surface area contributed by atoms with Crippen molar-refractivity contribution in [3.8, 4) is 0 Å². The van der Waals surface area contributed by atoms with Crippen molar-refractivity contribution in [2.24, 2.45) is 17.6 Å². The van der Waals surface area contributed by atoms with E-state index in [4.69, 9.17) is 5.73 Å². The Labute approximate surface area is 107 Å². The van der Waals surface area contributed by atoms with Gasteiger partial charge in [-0.05, 0) is 51.0 Å². The van der Waals surface area contributed by atoms with E-state index in [9.17, 15) is 13.2 Å². The minimum atomic E-state index is -4.02. The Morgan fingerprint density at radius 1 is 1.06 bits per heavy atom. The third kappa shape index (κ3) is 3.85. The molecule has 2 aliphatic rings. The van der Waals surface area contributed by atoms with E-state index in [1.165, 1.54) is 0 Å². The molecular weight excluding hydrogens is 241 g/mol. The monoisotopic (exact) mass is 264 g/mol. The molecule has 0 aromatic heterocycles. The molecule has 5 heteroatoms. The third-order valence-corrected chi connectivity index (χ3v) is 4.38. The maximum absolute atomic E-state index is 12.7. The molecule has 1 unspecified atom stereocenters. The van der Waals surface area contributed by atoms with Crippen molar-refractivity contribution in [2.75, 3.05) is 19.6 Å². The van der Waals surface area contributed by atoms with Gasteiger partial charge in [-0.3, -0.25) is 0 Å². The molecule has 1 saturated heterocycles. The van der Waals surface area contributed by atoms with Crippen LogP contribution < -0.4 is 5.73 Å². The zero-order valence-electron chi connectivity index (χ0n) is 10.8. The van der Waals surface area contributed by atoms with Crippen molar-refractivity contribution in [1.29, 1.82) is 0 Å². The van der Waals surface area contributed by atoms with Crippen LogP contribution in [0.4, 0.5) is 13.2 Å². The van der Waals surface area contributed by atoms with Crippen LogP contribution in [-0.2, 0) is 0 Å². The molecule has 0 spiro atoms. The van der Waals surface area contributed by atoms with E-state index in [-0.39, 0.29) is 6.54 Å². The number of piperidine rings is 1. The molecule has 1 aliphatic heterocycles. The van der Waals surface area contributed by atoms with Gasteiger partial charge in [0.2, 0.25) is 0 Å². The molecule has 1 atom stereocenters. The number of halogens is 3. The third-order valence-electron chi connectivity index (χ3n) is 4.38. The molecule has 1 saturated carbocycles. The molecule has 0 aromatic rings. The van der Waals surface area contributed by atoms with Crippen molar-refractivity contribution in [3.05, 3.63) is 0 Å². The Morgan fingerprint density at radius 3 is 2.33 bits per heavy atom. The highest BCUT2D eigenvalue weighted by molar-refractivity contribution is 4.82. The second-order valence-electron chi connectivity index (χ2n) is 5.92.